The number of nitrogen functional groups attached to an aromatic ring is 2. The van der Waals surface area contributed by atoms with E-state index < -0.39 is 34.2 Å². The van der Waals surface area contributed by atoms with Crippen LogP contribution < -0.4 is 86.1 Å². The number of fused-ring (bicyclic) bond motifs is 5. The molecule has 5 aromatic carbocycles. The molecule has 4 amide bonds. The van der Waals surface area contributed by atoms with Crippen LogP contribution in [0.1, 0.15) is 128 Å². The van der Waals surface area contributed by atoms with Crippen LogP contribution in [0.4, 0.5) is 100 Å². The first-order valence-electron chi connectivity index (χ1n) is 44.3. The number of Topliss-reactive ketones (excluding diaryl/α,β-unsaturated/α-hetero) is 3. The Morgan fingerprint density at radius 1 is 0.435 bits per heavy atom. The van der Waals surface area contributed by atoms with Gasteiger partial charge in [-0.15, -0.1) is 0 Å². The quantitative estimate of drug-likeness (QED) is 0.00690. The van der Waals surface area contributed by atoms with Gasteiger partial charge in [-0.05, 0) is 308 Å². The van der Waals surface area contributed by atoms with E-state index in [1.54, 1.807) is 113 Å². The first-order chi connectivity index (χ1) is 69.4. The number of ketones is 3. The predicted octanol–water partition coefficient (Wildman–Crippen LogP) is 23.0. The van der Waals surface area contributed by atoms with E-state index in [2.05, 4.69) is 133 Å². The van der Waals surface area contributed by atoms with Crippen LogP contribution in [0.25, 0.3) is 0 Å². The van der Waals surface area contributed by atoms with Gasteiger partial charge in [0.2, 0.25) is 37.5 Å². The number of halogens is 9. The number of benzene rings is 5. The number of carbonyl (C=O) groups excluding carboxylic acids is 8. The fourth-order valence-corrected chi connectivity index (χ4v) is 13.7. The molecule has 16 rings (SSSR count). The molecule has 5 aliphatic heterocycles. The number of aromatic nitrogens is 11. The number of methoxy groups -OCH3 is 1. The van der Waals surface area contributed by atoms with Gasteiger partial charge in [-0.25, -0.2) is 49.3 Å². The summed E-state index contributed by atoms with van der Waals surface area (Å²) >= 11 is 45.5. The molecule has 0 atom stereocenters. The minimum atomic E-state index is -0.612. The van der Waals surface area contributed by atoms with Crippen molar-refractivity contribution in [1.29, 1.82) is 0 Å². The van der Waals surface area contributed by atoms with Gasteiger partial charge in [0.05, 0.1) is 112 Å². The summed E-state index contributed by atoms with van der Waals surface area (Å²) < 4.78 is 55.2. The Kier molecular flexibility index (Phi) is 45.1. The molecule has 0 bridgehead atoms. The molecule has 0 spiro atoms. The SMILES string of the molecule is C=C(C)OCC.C=CC(=O)Cl.C=CC(=O)N1CCOc2ccc(Nc3nc(Cl)ncc3C(C)=O)cc21.CC(=O)c1cnc(Cl)nc1Nc1ccc2c(c1)N(C(=O)OC(C)(C)C)CCO2.CC(=O)c1cnc(Cl)nc1Nc1ccc2c(c1)NCCO2.CC(C)(C)OC(=O)N1CCOc2ccc(N)cc21.CC(C)(C)OC(=O)N1CCOc2ccc(Nc3nc(Cl)ncc3Br)cc21.COc1ccc(N)cn1.Clc1ncc(Br)c(Cl)n1. The zero-order chi connectivity index (χ0) is 108. The van der Waals surface area contributed by atoms with Gasteiger partial charge in [0.25, 0.3) is 5.91 Å². The molecule has 0 unspecified atom stereocenters. The second-order valence-corrected chi connectivity index (χ2v) is 37.6. The Morgan fingerprint density at radius 2 is 0.769 bits per heavy atom. The van der Waals surface area contributed by atoms with Gasteiger partial charge in [0.15, 0.2) is 17.3 Å². The van der Waals surface area contributed by atoms with E-state index >= 15 is 0 Å². The number of nitrogens with two attached hydrogens (primary N) is 2. The largest absolute Gasteiger partial charge is 0.499 e. The Bertz CT molecular complexity index is 6550. The molecule has 0 fully saturated rings. The molecule has 147 heavy (non-hydrogen) atoms. The maximum Gasteiger partial charge on any atom is 0.415 e. The standard InChI is InChI=1S/C19H21ClN4O4.C17H18BrClN4O3.C17H15ClN4O3.C14H13ClN4O2.C13H18N2O3.C6H8N2O.C5H10O.C4HBrCl2N2.C3H3ClO/c1-11(25)13-10-21-17(20)23-16(13)22-12-5-6-15-14(9-12)24(7-8-27-15)18(26)28-19(2,3)4;1-17(2,3)26-16(24)23-6-7-25-13-5-4-10(8-12(13)23)21-14-11(18)9-20-15(19)22-14;1-3-15(24)22-6-7-25-14-5-4-11(8-13(14)22)20-16-12(10(2)23)9-19-17(18)21-16;1-8(20)10-7-17-14(15)19-13(10)18-9-2-3-12-11(6-9)16-4-5-21-12;1-13(2,3)18-12(16)15-6-7-17-11-5-4-9(14)8-10(11)15;1-9-6-3-2-5(7)4-8-6;1-4-6-5(2)3;5-2-1-8-4(7)9-3(2)6;1-2-3(4)5/h5-6,9-10H,7-8H2,1-4H3,(H,21,22,23);4-5,8-9H,6-7H2,1-3H3,(H,20,21,22);3-5,8-9H,1,6-7H2,2H3,(H,19,20,21);2-3,6-7,16H,4-5H2,1H3,(H,17,18,19);4-5,8H,6-7,14H2,1-3H3;2-4H,7H2,1H3;2,4H2,1,3H3;1H;2H,1H2. The number of hydrogen-bond acceptors (Lipinski definition) is 36. The van der Waals surface area contributed by atoms with Crippen molar-refractivity contribution in [1.82, 2.24) is 54.8 Å². The minimum Gasteiger partial charge on any atom is -0.499 e. The van der Waals surface area contributed by atoms with E-state index in [1.165, 1.54) is 56.5 Å². The summed E-state index contributed by atoms with van der Waals surface area (Å²) in [5, 5.41) is 15.8. The summed E-state index contributed by atoms with van der Waals surface area (Å²) in [4.78, 5) is 143. The maximum atomic E-state index is 12.6. The molecule has 0 saturated heterocycles. The number of pyridine rings is 1. The molecule has 5 aliphatic rings. The Morgan fingerprint density at radius 3 is 1.11 bits per heavy atom. The molecule has 40 nitrogen and oxygen atoms in total. The average Bonchev–Trinajstić information content (AvgIpc) is 0.802. The molecule has 11 aromatic rings. The Balaban J connectivity index is 0.000000210. The molecular weight excluding hydrogens is 2180 g/mol. The second kappa shape index (κ2) is 56.1. The molecule has 0 saturated carbocycles. The van der Waals surface area contributed by atoms with Crippen LogP contribution in [0.5, 0.6) is 34.6 Å². The summed E-state index contributed by atoms with van der Waals surface area (Å²) in [6.07, 6.45) is 9.83. The van der Waals surface area contributed by atoms with E-state index in [-0.39, 0.29) is 61.6 Å². The summed E-state index contributed by atoms with van der Waals surface area (Å²) in [7, 11) is 1.57. The van der Waals surface area contributed by atoms with Crippen molar-refractivity contribution in [3.05, 3.63) is 235 Å². The van der Waals surface area contributed by atoms with Crippen molar-refractivity contribution >= 4 is 246 Å². The van der Waals surface area contributed by atoms with Gasteiger partial charge in [0, 0.05) is 72.0 Å². The lowest BCUT2D eigenvalue weighted by atomic mass is 10.2. The second-order valence-electron chi connectivity index (χ2n) is 33.5. The van der Waals surface area contributed by atoms with Crippen LogP contribution in [0.2, 0.25) is 31.6 Å². The highest BCUT2D eigenvalue weighted by Crippen LogP contribution is 2.42. The van der Waals surface area contributed by atoms with E-state index in [4.69, 9.17) is 140 Å². The highest BCUT2D eigenvalue weighted by molar-refractivity contribution is 9.11. The number of nitrogens with one attached hydrogen (secondary N) is 5. The highest BCUT2D eigenvalue weighted by Gasteiger charge is 2.34. The molecule has 6 aromatic heterocycles. The normalized spacial score (nSPS) is 12.5. The monoisotopic (exact) mass is 2280 g/mol. The van der Waals surface area contributed by atoms with Crippen LogP contribution in [-0.2, 0) is 28.5 Å². The van der Waals surface area contributed by atoms with Gasteiger partial charge in [-0.2, -0.15) is 19.9 Å². The third kappa shape index (κ3) is 38.4. The first kappa shape index (κ1) is 118. The highest BCUT2D eigenvalue weighted by atomic mass is 79.9. The minimum absolute atomic E-state index is 0.0178. The number of ether oxygens (including phenoxy) is 10. The van der Waals surface area contributed by atoms with Crippen LogP contribution in [-0.4, -0.2) is 198 Å². The van der Waals surface area contributed by atoms with Crippen LogP contribution in [0.15, 0.2) is 187 Å². The maximum absolute atomic E-state index is 12.6. The van der Waals surface area contributed by atoms with Crippen molar-refractivity contribution in [3.8, 4) is 34.6 Å². The Labute approximate surface area is 900 Å². The first-order valence-corrected chi connectivity index (χ1v) is 48.5. The number of carbonyl (C=O) groups is 8. The van der Waals surface area contributed by atoms with Crippen LogP contribution >= 0.6 is 113 Å². The summed E-state index contributed by atoms with van der Waals surface area (Å²) in [6, 6.07) is 30.2. The molecule has 49 heteroatoms. The Hall–Kier alpha value is -14.0. The third-order valence-electron chi connectivity index (χ3n) is 18.6. The topological polar surface area (TPSA) is 496 Å². The van der Waals surface area contributed by atoms with Crippen molar-refractivity contribution < 1.29 is 85.7 Å². The molecule has 9 N–H and O–H groups in total. The van der Waals surface area contributed by atoms with Crippen molar-refractivity contribution in [2.45, 2.75) is 114 Å². The average molecular weight is 2290 g/mol. The number of allylic oxidation sites excluding steroid dienone is 2. The van der Waals surface area contributed by atoms with E-state index in [9.17, 15) is 38.4 Å². The number of hydrogen-bond donors (Lipinski definition) is 7. The van der Waals surface area contributed by atoms with Gasteiger partial charge in [-0.3, -0.25) is 38.7 Å². The fourth-order valence-electron chi connectivity index (χ4n) is 12.4. The zero-order valence-electron chi connectivity index (χ0n) is 82.4. The van der Waals surface area contributed by atoms with Crippen LogP contribution in [0, 0.1) is 0 Å². The van der Waals surface area contributed by atoms with Gasteiger partial charge in [0.1, 0.15) is 107 Å². The number of anilines is 15. The third-order valence-corrected chi connectivity index (χ3v) is 21.4. The number of nitrogens with zero attached hydrogens (tertiary/aromatic N) is 15. The van der Waals surface area contributed by atoms with E-state index in [0.29, 0.717) is 182 Å². The summed E-state index contributed by atoms with van der Waals surface area (Å²) in [5.41, 5.74) is 17.8. The van der Waals surface area contributed by atoms with Gasteiger partial charge in [-0.1, -0.05) is 31.3 Å². The summed E-state index contributed by atoms with van der Waals surface area (Å²) in [6.45, 7) is 40.1. The molecular formula is C98H107Br2Cl7N22O18. The lowest BCUT2D eigenvalue weighted by Crippen LogP contribution is -2.41. The van der Waals surface area contributed by atoms with Gasteiger partial charge >= 0.3 is 18.3 Å². The zero-order valence-corrected chi connectivity index (χ0v) is 90.9. The van der Waals surface area contributed by atoms with Crippen molar-refractivity contribution in [2.75, 3.05) is 137 Å². The number of amides is 4. The lowest BCUT2D eigenvalue weighted by molar-refractivity contribution is -0.114. The van der Waals surface area contributed by atoms with Gasteiger partial charge < -0.3 is 90.3 Å². The number of rotatable bonds is 16. The summed E-state index contributed by atoms with van der Waals surface area (Å²) in [5.74, 6) is 5.37. The van der Waals surface area contributed by atoms with Crippen molar-refractivity contribution in [3.63, 3.8) is 0 Å². The molecule has 11 heterocycles. The van der Waals surface area contributed by atoms with E-state index in [1.807, 2.05) is 100 Å². The van der Waals surface area contributed by atoms with Crippen LogP contribution in [0.3, 0.4) is 0 Å². The molecule has 0 radical (unpaired) electrons. The van der Waals surface area contributed by atoms with Crippen molar-refractivity contribution in [2.24, 2.45) is 0 Å². The van der Waals surface area contributed by atoms with E-state index in [0.717, 1.165) is 47.8 Å². The lowest BCUT2D eigenvalue weighted by Gasteiger charge is -2.32. The predicted molar refractivity (Wildman–Crippen MR) is 577 cm³/mol. The molecule has 780 valence electrons. The fraction of sp³-hybridized carbons (Fsp3) is 0.296. The smallest absolute Gasteiger partial charge is 0.415 e. The molecule has 0 aliphatic carbocycles.